The van der Waals surface area contributed by atoms with E-state index in [1.165, 1.54) is 54.6 Å². The van der Waals surface area contributed by atoms with Crippen molar-refractivity contribution in [3.05, 3.63) is 141 Å². The Balaban J connectivity index is 1.41. The molecule has 15 heteroatoms. The van der Waals surface area contributed by atoms with E-state index in [0.29, 0.717) is 23.4 Å². The molecule has 52 heavy (non-hydrogen) atoms. The minimum absolute atomic E-state index is 0.0875. The Morgan fingerprint density at radius 2 is 1.40 bits per heavy atom. The van der Waals surface area contributed by atoms with Crippen molar-refractivity contribution in [1.29, 1.82) is 5.26 Å². The lowest BCUT2D eigenvalue weighted by Crippen LogP contribution is -2.53. The molecule has 0 bridgehead atoms. The van der Waals surface area contributed by atoms with Crippen LogP contribution in [-0.2, 0) is 18.3 Å². The number of hydrogen-bond donors (Lipinski definition) is 2. The van der Waals surface area contributed by atoms with Gasteiger partial charge in [-0.3, -0.25) is 4.79 Å². The Labute approximate surface area is 290 Å². The van der Waals surface area contributed by atoms with Gasteiger partial charge >= 0.3 is 18.5 Å². The first-order valence-corrected chi connectivity index (χ1v) is 15.2. The molecule has 0 saturated carbocycles. The van der Waals surface area contributed by atoms with Crippen LogP contribution in [0.5, 0.6) is 11.5 Å². The average molecular weight is 732 g/mol. The summed E-state index contributed by atoms with van der Waals surface area (Å²) < 4.78 is 128. The van der Waals surface area contributed by atoms with E-state index in [9.17, 15) is 54.7 Å². The highest BCUT2D eigenvalue weighted by atomic mass is 19.4. The summed E-state index contributed by atoms with van der Waals surface area (Å²) in [6.45, 7) is 3.55. The second-order valence-electron chi connectivity index (χ2n) is 11.8. The van der Waals surface area contributed by atoms with E-state index in [0.717, 1.165) is 33.9 Å². The molecule has 0 aliphatic rings. The maximum atomic E-state index is 14.0. The van der Waals surface area contributed by atoms with Crippen LogP contribution in [0.1, 0.15) is 33.4 Å². The van der Waals surface area contributed by atoms with Gasteiger partial charge in [-0.2, -0.15) is 44.8 Å². The van der Waals surface area contributed by atoms with Gasteiger partial charge in [0.2, 0.25) is 0 Å². The maximum Gasteiger partial charge on any atom is 0.430 e. The van der Waals surface area contributed by atoms with Crippen molar-refractivity contribution in [1.82, 2.24) is 4.57 Å². The van der Waals surface area contributed by atoms with Gasteiger partial charge in [0, 0.05) is 23.0 Å². The number of benzene rings is 4. The number of nitrogens with one attached hydrogen (secondary N) is 1. The Morgan fingerprint density at radius 1 is 0.769 bits per heavy atom. The zero-order chi connectivity index (χ0) is 38.2. The quantitative estimate of drug-likeness (QED) is 0.155. The molecule has 0 radical (unpaired) electrons. The van der Waals surface area contributed by atoms with Crippen LogP contribution in [0.25, 0.3) is 11.3 Å². The molecule has 6 nitrogen and oxygen atoms in total. The van der Waals surface area contributed by atoms with Gasteiger partial charge in [-0.15, -0.1) is 0 Å². The lowest BCUT2D eigenvalue weighted by atomic mass is 9.92. The predicted molar refractivity (Wildman–Crippen MR) is 173 cm³/mol. The fourth-order valence-electron chi connectivity index (χ4n) is 5.48. The van der Waals surface area contributed by atoms with Crippen molar-refractivity contribution in [3.63, 3.8) is 0 Å². The summed E-state index contributed by atoms with van der Waals surface area (Å²) in [5, 5.41) is 21.9. The van der Waals surface area contributed by atoms with Crippen LogP contribution in [0.15, 0.2) is 102 Å². The summed E-state index contributed by atoms with van der Waals surface area (Å²) in [5.41, 5.74) is -7.08. The molecule has 0 amide bonds. The summed E-state index contributed by atoms with van der Waals surface area (Å²) in [6.07, 6.45) is -17.0. The predicted octanol–water partition coefficient (Wildman–Crippen LogP) is 9.92. The summed E-state index contributed by atoms with van der Waals surface area (Å²) in [7, 11) is 0. The highest BCUT2D eigenvalue weighted by molar-refractivity contribution is 5.65. The van der Waals surface area contributed by atoms with Gasteiger partial charge < -0.3 is 19.7 Å². The zero-order valence-corrected chi connectivity index (χ0v) is 27.0. The Hall–Kier alpha value is -5.75. The Bertz CT molecular complexity index is 2190. The molecule has 270 valence electrons. The molecule has 0 fully saturated rings. The third-order valence-corrected chi connectivity index (χ3v) is 8.18. The summed E-state index contributed by atoms with van der Waals surface area (Å²) in [5.74, 6) is 0.444. The molecular weight excluding hydrogens is 705 g/mol. The molecule has 4 aromatic carbocycles. The molecule has 0 unspecified atom stereocenters. The number of aryl methyl sites for hydroxylation is 2. The average Bonchev–Trinajstić information content (AvgIpc) is 3.05. The van der Waals surface area contributed by atoms with Crippen LogP contribution < -0.4 is 15.6 Å². The molecule has 5 aromatic rings. The normalized spacial score (nSPS) is 12.4. The first-order chi connectivity index (χ1) is 24.2. The second-order valence-corrected chi connectivity index (χ2v) is 11.8. The summed E-state index contributed by atoms with van der Waals surface area (Å²) >= 11 is 0. The number of rotatable bonds is 8. The number of ether oxygens (including phenoxy) is 1. The standard InChI is InChI=1S/C37H26F9N3O3/c1-21-6-7-24(22(2)16-21)20-49-32(18-31(35(38,39)40)30(19-47)33(49)50)23-8-14-28(15-9-23)52-29-5-3-4-27(17-29)48-26-12-10-25(11-13-26)34(51,36(41,42)43)37(44,45)46/h3-18,48,51H,20H2,1-2H3. The number of alkyl halides is 9. The maximum absolute atomic E-state index is 14.0. The number of aliphatic hydroxyl groups is 1. The number of anilines is 2. The van der Waals surface area contributed by atoms with Crippen LogP contribution in [0.3, 0.4) is 0 Å². The van der Waals surface area contributed by atoms with Gasteiger partial charge in [0.1, 0.15) is 23.1 Å². The summed E-state index contributed by atoms with van der Waals surface area (Å²) in [6, 6.07) is 22.2. The van der Waals surface area contributed by atoms with Crippen molar-refractivity contribution >= 4 is 11.4 Å². The van der Waals surface area contributed by atoms with E-state index in [-0.39, 0.29) is 35.0 Å². The number of halogens is 9. The first-order valence-electron chi connectivity index (χ1n) is 15.2. The van der Waals surface area contributed by atoms with Crippen molar-refractivity contribution in [2.24, 2.45) is 0 Å². The van der Waals surface area contributed by atoms with Gasteiger partial charge in [0.15, 0.2) is 0 Å². The van der Waals surface area contributed by atoms with Gasteiger partial charge in [0.05, 0.1) is 17.8 Å². The lowest BCUT2D eigenvalue weighted by molar-refractivity contribution is -0.376. The molecule has 2 N–H and O–H groups in total. The molecule has 5 rings (SSSR count). The fourth-order valence-corrected chi connectivity index (χ4v) is 5.48. The van der Waals surface area contributed by atoms with Crippen LogP contribution >= 0.6 is 0 Å². The summed E-state index contributed by atoms with van der Waals surface area (Å²) in [4.78, 5) is 13.4. The van der Waals surface area contributed by atoms with Crippen LogP contribution in [0.4, 0.5) is 50.9 Å². The SMILES string of the molecule is Cc1ccc(Cn2c(-c3ccc(Oc4cccc(Nc5ccc(C(O)(C(F)(F)F)C(F)(F)F)cc5)c4)cc3)cc(C(F)(F)F)c(C#N)c2=O)c(C)c1. The van der Waals surface area contributed by atoms with Gasteiger partial charge in [-0.1, -0.05) is 42.0 Å². The molecule has 0 atom stereocenters. The number of pyridine rings is 1. The van der Waals surface area contributed by atoms with Gasteiger partial charge in [-0.25, -0.2) is 0 Å². The Morgan fingerprint density at radius 3 is 1.96 bits per heavy atom. The van der Waals surface area contributed by atoms with Crippen molar-refractivity contribution < 1.29 is 49.4 Å². The van der Waals surface area contributed by atoms with Gasteiger partial charge in [-0.05, 0) is 85.1 Å². The molecule has 0 saturated heterocycles. The molecule has 1 heterocycles. The van der Waals surface area contributed by atoms with E-state index >= 15 is 0 Å². The van der Waals surface area contributed by atoms with Crippen LogP contribution in [0, 0.1) is 25.2 Å². The number of aromatic nitrogens is 1. The highest BCUT2D eigenvalue weighted by Crippen LogP contribution is 2.50. The molecular formula is C37H26F9N3O3. The third kappa shape index (κ3) is 7.47. The van der Waals surface area contributed by atoms with Crippen LogP contribution in [-0.4, -0.2) is 22.0 Å². The number of nitriles is 1. The van der Waals surface area contributed by atoms with Crippen molar-refractivity contribution in [2.75, 3.05) is 5.32 Å². The largest absolute Gasteiger partial charge is 0.457 e. The first kappa shape index (κ1) is 37.5. The van der Waals surface area contributed by atoms with Crippen LogP contribution in [0.2, 0.25) is 0 Å². The van der Waals surface area contributed by atoms with E-state index in [2.05, 4.69) is 5.32 Å². The van der Waals surface area contributed by atoms with Gasteiger partial charge in [0.25, 0.3) is 11.2 Å². The minimum atomic E-state index is -6.03. The van der Waals surface area contributed by atoms with E-state index in [4.69, 9.17) is 4.74 Å². The topological polar surface area (TPSA) is 87.3 Å². The minimum Gasteiger partial charge on any atom is -0.457 e. The van der Waals surface area contributed by atoms with E-state index < -0.39 is 46.4 Å². The smallest absolute Gasteiger partial charge is 0.430 e. The number of nitrogens with zero attached hydrogens (tertiary/aromatic N) is 2. The van der Waals surface area contributed by atoms with Crippen molar-refractivity contribution in [2.45, 2.75) is 44.5 Å². The fraction of sp³-hybridized carbons (Fsp3) is 0.189. The molecule has 0 spiro atoms. The molecule has 1 aromatic heterocycles. The van der Waals surface area contributed by atoms with E-state index in [1.54, 1.807) is 19.1 Å². The molecule has 0 aliphatic heterocycles. The third-order valence-electron chi connectivity index (χ3n) is 8.18. The second kappa shape index (κ2) is 13.8. The van der Waals surface area contributed by atoms with E-state index in [1.807, 2.05) is 13.0 Å². The lowest BCUT2D eigenvalue weighted by Gasteiger charge is -2.32. The molecule has 0 aliphatic carbocycles. The van der Waals surface area contributed by atoms with Crippen molar-refractivity contribution in [3.8, 4) is 28.8 Å². The number of hydrogen-bond acceptors (Lipinski definition) is 5. The monoisotopic (exact) mass is 731 g/mol. The Kier molecular flexibility index (Phi) is 9.92. The highest BCUT2D eigenvalue weighted by Gasteiger charge is 2.71. The zero-order valence-electron chi connectivity index (χ0n) is 27.0.